The molecule has 2 heterocycles. The molecule has 0 bridgehead atoms. The summed E-state index contributed by atoms with van der Waals surface area (Å²) in [6.45, 7) is 2.16. The maximum atomic E-state index is 12.1. The van der Waals surface area contributed by atoms with Crippen LogP contribution < -0.4 is 0 Å². The molecule has 9 nitrogen and oxygen atoms in total. The summed E-state index contributed by atoms with van der Waals surface area (Å²) in [5.41, 5.74) is 0.868. The number of ether oxygens (including phenoxy) is 3. The Morgan fingerprint density at radius 2 is 2.08 bits per heavy atom. The van der Waals surface area contributed by atoms with Gasteiger partial charge in [0.05, 0.1) is 5.69 Å². The number of fused-ring (bicyclic) bond motifs is 1. The van der Waals surface area contributed by atoms with Crippen LogP contribution in [0.3, 0.4) is 0 Å². The molecule has 0 amide bonds. The van der Waals surface area contributed by atoms with Crippen molar-refractivity contribution in [2.75, 3.05) is 6.61 Å². The van der Waals surface area contributed by atoms with E-state index in [-0.39, 0.29) is 18.0 Å². The van der Waals surface area contributed by atoms with Crippen molar-refractivity contribution >= 4 is 33.8 Å². The van der Waals surface area contributed by atoms with Gasteiger partial charge in [0.1, 0.15) is 12.3 Å². The molecule has 2 atom stereocenters. The summed E-state index contributed by atoms with van der Waals surface area (Å²) in [7, 11) is 0. The van der Waals surface area contributed by atoms with Gasteiger partial charge in [-0.1, -0.05) is 22.0 Å². The lowest BCUT2D eigenvalue weighted by atomic mass is 10.1. The lowest BCUT2D eigenvalue weighted by molar-refractivity contribution is -0.163. The summed E-state index contributed by atoms with van der Waals surface area (Å²) in [6.07, 6.45) is -2.03. The van der Waals surface area contributed by atoms with E-state index in [1.54, 1.807) is 18.2 Å². The minimum atomic E-state index is -1.02. The Hall–Kier alpha value is -2.75. The number of carbonyl (C=O) groups excluding carboxylic acids is 3. The van der Waals surface area contributed by atoms with Crippen molar-refractivity contribution in [1.82, 2.24) is 15.0 Å². The number of nitrogens with zero attached hydrogens (tertiary/aromatic N) is 3. The van der Waals surface area contributed by atoms with Crippen LogP contribution in [0.2, 0.25) is 0 Å². The van der Waals surface area contributed by atoms with Gasteiger partial charge < -0.3 is 14.2 Å². The number of hydrogen-bond donors (Lipinski definition) is 0. The molecule has 1 unspecified atom stereocenters. The molecule has 0 fully saturated rings. The highest BCUT2D eigenvalue weighted by Gasteiger charge is 2.43. The minimum absolute atomic E-state index is 0.0231. The van der Waals surface area contributed by atoms with Crippen molar-refractivity contribution in [3.05, 3.63) is 40.1 Å². The van der Waals surface area contributed by atoms with Crippen LogP contribution >= 0.6 is 15.9 Å². The van der Waals surface area contributed by atoms with Gasteiger partial charge in [0.15, 0.2) is 17.9 Å². The van der Waals surface area contributed by atoms with Crippen LogP contribution in [0.25, 0.3) is 5.69 Å². The number of carbonyl (C=O) groups is 3. The smallest absolute Gasteiger partial charge is 0.361 e. The fraction of sp³-hybridized carbons (Fsp3) is 0.312. The topological polar surface area (TPSA) is 110 Å². The average molecular weight is 424 g/mol. The van der Waals surface area contributed by atoms with Crippen molar-refractivity contribution in [1.29, 1.82) is 0 Å². The van der Waals surface area contributed by atoms with Crippen molar-refractivity contribution < 1.29 is 28.6 Å². The molecular weight excluding hydrogens is 410 g/mol. The molecule has 0 aliphatic carbocycles. The van der Waals surface area contributed by atoms with E-state index >= 15 is 0 Å². The van der Waals surface area contributed by atoms with Gasteiger partial charge in [0.25, 0.3) is 0 Å². The minimum Gasteiger partial charge on any atom is -0.462 e. The molecule has 2 aromatic rings. The molecule has 0 saturated carbocycles. The predicted molar refractivity (Wildman–Crippen MR) is 89.4 cm³/mol. The average Bonchev–Trinajstić information content (AvgIpc) is 3.12. The standard InChI is InChI=1S/C16H14BrN3O6/c1-8(21)24-7-12(25-9(2)22)15-13-14(16(23)26-15)19-20(18-13)11-5-3-4-10(17)6-11/h3-6,12,15H,7H2,1-2H3/t12-,15?/m0/s1. The molecule has 26 heavy (non-hydrogen) atoms. The quantitative estimate of drug-likeness (QED) is 0.528. The number of halogens is 1. The van der Waals surface area contributed by atoms with E-state index in [0.29, 0.717) is 5.69 Å². The molecule has 136 valence electrons. The van der Waals surface area contributed by atoms with Gasteiger partial charge >= 0.3 is 17.9 Å². The van der Waals surface area contributed by atoms with E-state index < -0.39 is 30.1 Å². The van der Waals surface area contributed by atoms with Gasteiger partial charge in [-0.2, -0.15) is 4.80 Å². The highest BCUT2D eigenvalue weighted by atomic mass is 79.9. The molecule has 1 aromatic heterocycles. The summed E-state index contributed by atoms with van der Waals surface area (Å²) in [5, 5.41) is 8.45. The summed E-state index contributed by atoms with van der Waals surface area (Å²) in [6, 6.07) is 7.18. The first-order valence-electron chi connectivity index (χ1n) is 7.60. The molecular formula is C16H14BrN3O6. The third-order valence-corrected chi connectivity index (χ3v) is 3.97. The fourth-order valence-electron chi connectivity index (χ4n) is 2.45. The van der Waals surface area contributed by atoms with E-state index in [0.717, 1.165) is 4.47 Å². The van der Waals surface area contributed by atoms with Crippen LogP contribution in [0.1, 0.15) is 36.1 Å². The Bertz CT molecular complexity index is 881. The normalized spacial score (nSPS) is 16.6. The molecule has 1 aromatic carbocycles. The molecule has 1 aliphatic rings. The monoisotopic (exact) mass is 423 g/mol. The zero-order chi connectivity index (χ0) is 18.8. The molecule has 0 spiro atoms. The second kappa shape index (κ2) is 7.24. The molecule has 0 saturated heterocycles. The van der Waals surface area contributed by atoms with E-state index in [1.807, 2.05) is 6.07 Å². The largest absolute Gasteiger partial charge is 0.462 e. The lowest BCUT2D eigenvalue weighted by Crippen LogP contribution is -2.31. The van der Waals surface area contributed by atoms with Crippen molar-refractivity contribution in [3.63, 3.8) is 0 Å². The van der Waals surface area contributed by atoms with Gasteiger partial charge in [-0.25, -0.2) is 4.79 Å². The molecule has 0 radical (unpaired) electrons. The Labute approximate surface area is 156 Å². The third-order valence-electron chi connectivity index (χ3n) is 3.48. The number of aromatic nitrogens is 3. The Morgan fingerprint density at radius 3 is 2.73 bits per heavy atom. The number of cyclic esters (lactones) is 1. The van der Waals surface area contributed by atoms with Crippen LogP contribution in [-0.2, 0) is 23.8 Å². The summed E-state index contributed by atoms with van der Waals surface area (Å²) >= 11 is 3.36. The van der Waals surface area contributed by atoms with Gasteiger partial charge in [-0.3, -0.25) is 9.59 Å². The first-order valence-corrected chi connectivity index (χ1v) is 8.39. The second-order valence-electron chi connectivity index (χ2n) is 5.48. The highest BCUT2D eigenvalue weighted by molar-refractivity contribution is 9.10. The SMILES string of the molecule is CC(=O)OC[C@H](OC(C)=O)C1OC(=O)c2nn(-c3cccc(Br)c3)nc21. The van der Waals surface area contributed by atoms with Gasteiger partial charge in [-0.05, 0) is 18.2 Å². The summed E-state index contributed by atoms with van der Waals surface area (Å²) in [5.74, 6) is -1.85. The second-order valence-corrected chi connectivity index (χ2v) is 6.40. The van der Waals surface area contributed by atoms with Crippen molar-refractivity contribution in [2.45, 2.75) is 26.1 Å². The Balaban J connectivity index is 1.93. The molecule has 10 heteroatoms. The number of hydrogen-bond acceptors (Lipinski definition) is 8. The predicted octanol–water partition coefficient (Wildman–Crippen LogP) is 1.74. The van der Waals surface area contributed by atoms with Gasteiger partial charge in [0.2, 0.25) is 0 Å². The Kier molecular flexibility index (Phi) is 5.03. The van der Waals surface area contributed by atoms with Crippen LogP contribution in [-0.4, -0.2) is 45.6 Å². The van der Waals surface area contributed by atoms with E-state index in [1.165, 1.54) is 18.6 Å². The van der Waals surface area contributed by atoms with Crippen LogP contribution in [0.5, 0.6) is 0 Å². The maximum Gasteiger partial charge on any atom is 0.361 e. The third kappa shape index (κ3) is 3.74. The Morgan fingerprint density at radius 1 is 1.31 bits per heavy atom. The lowest BCUT2D eigenvalue weighted by Gasteiger charge is -2.21. The zero-order valence-electron chi connectivity index (χ0n) is 13.8. The first kappa shape index (κ1) is 18.1. The highest BCUT2D eigenvalue weighted by Crippen LogP contribution is 2.33. The molecule has 0 N–H and O–H groups in total. The van der Waals surface area contributed by atoms with Gasteiger partial charge in [0, 0.05) is 18.3 Å². The summed E-state index contributed by atoms with van der Waals surface area (Å²) in [4.78, 5) is 35.8. The number of rotatable bonds is 5. The van der Waals surface area contributed by atoms with Crippen LogP contribution in [0.15, 0.2) is 28.7 Å². The van der Waals surface area contributed by atoms with Crippen molar-refractivity contribution in [3.8, 4) is 5.69 Å². The molecule has 3 rings (SSSR count). The first-order chi connectivity index (χ1) is 12.3. The van der Waals surface area contributed by atoms with E-state index in [2.05, 4.69) is 26.1 Å². The molecule has 1 aliphatic heterocycles. The maximum absolute atomic E-state index is 12.1. The van der Waals surface area contributed by atoms with E-state index in [4.69, 9.17) is 14.2 Å². The van der Waals surface area contributed by atoms with Crippen molar-refractivity contribution in [2.24, 2.45) is 0 Å². The number of esters is 3. The zero-order valence-corrected chi connectivity index (χ0v) is 15.4. The van der Waals surface area contributed by atoms with Crippen LogP contribution in [0.4, 0.5) is 0 Å². The number of benzene rings is 1. The van der Waals surface area contributed by atoms with Crippen LogP contribution in [0, 0.1) is 0 Å². The van der Waals surface area contributed by atoms with E-state index in [9.17, 15) is 14.4 Å². The fourth-order valence-corrected chi connectivity index (χ4v) is 2.83. The summed E-state index contributed by atoms with van der Waals surface area (Å²) < 4.78 is 16.1. The van der Waals surface area contributed by atoms with Gasteiger partial charge in [-0.15, -0.1) is 10.2 Å².